The van der Waals surface area contributed by atoms with Crippen molar-refractivity contribution in [1.82, 2.24) is 4.90 Å². The molecule has 0 radical (unpaired) electrons. The van der Waals surface area contributed by atoms with Gasteiger partial charge in [0.2, 0.25) is 5.91 Å². The molecule has 0 spiro atoms. The van der Waals surface area contributed by atoms with Crippen molar-refractivity contribution >= 4 is 39.0 Å². The molecule has 2 amide bonds. The number of ketones is 1. The number of benzene rings is 3. The van der Waals surface area contributed by atoms with Crippen LogP contribution in [-0.2, 0) is 25.8 Å². The van der Waals surface area contributed by atoms with Crippen LogP contribution in [0.1, 0.15) is 59.2 Å². The van der Waals surface area contributed by atoms with Crippen molar-refractivity contribution < 1.29 is 22.8 Å². The quantitative estimate of drug-likeness (QED) is 0.279. The van der Waals surface area contributed by atoms with Gasteiger partial charge in [-0.05, 0) is 110 Å². The Hall–Kier alpha value is -4.55. The number of carbonyl (C=O) groups is 3. The lowest BCUT2D eigenvalue weighted by atomic mass is 9.77. The number of aryl methyl sites for hydroxylation is 1. The molecule has 3 N–H and O–H groups in total. The second-order valence-corrected chi connectivity index (χ2v) is 15.9. The average Bonchev–Trinajstić information content (AvgIpc) is 3.67. The number of nitrogens with two attached hydrogens (primary N) is 1. The third-order valence-corrected chi connectivity index (χ3v) is 11.8. The van der Waals surface area contributed by atoms with E-state index in [9.17, 15) is 22.8 Å². The molecule has 0 aromatic heterocycles. The van der Waals surface area contributed by atoms with Crippen LogP contribution in [0.4, 0.5) is 5.69 Å². The topological polar surface area (TPSA) is 164 Å². The van der Waals surface area contributed by atoms with E-state index >= 15 is 0 Å². The highest BCUT2D eigenvalue weighted by Gasteiger charge is 2.30. The average molecular weight is 697 g/mol. The molecule has 11 nitrogen and oxygen atoms in total. The molecular formula is C38H44N6O5S. The predicted molar refractivity (Wildman–Crippen MR) is 194 cm³/mol. The number of nitrogens with zero attached hydrogens (tertiary/aromatic N) is 4. The Morgan fingerprint density at radius 1 is 0.920 bits per heavy atom. The fraction of sp³-hybridized carbons (Fsp3) is 0.421. The zero-order valence-corrected chi connectivity index (χ0v) is 29.2. The number of carbonyl (C=O) groups excluding carboxylic acids is 3. The van der Waals surface area contributed by atoms with Crippen LogP contribution >= 0.6 is 0 Å². The molecule has 12 heteroatoms. The van der Waals surface area contributed by atoms with E-state index in [1.165, 1.54) is 0 Å². The first kappa shape index (κ1) is 35.3. The van der Waals surface area contributed by atoms with Crippen LogP contribution < -0.4 is 11.1 Å². The van der Waals surface area contributed by atoms with E-state index in [1.54, 1.807) is 11.0 Å². The number of Topliss-reactive ketones (excluding diaryl/α,β-unsaturated/α-hetero) is 1. The van der Waals surface area contributed by atoms with Gasteiger partial charge in [-0.25, -0.2) is 13.4 Å². The lowest BCUT2D eigenvalue weighted by molar-refractivity contribution is -0.129. The van der Waals surface area contributed by atoms with E-state index in [2.05, 4.69) is 20.5 Å². The van der Waals surface area contributed by atoms with E-state index in [4.69, 9.17) is 5.73 Å². The van der Waals surface area contributed by atoms with Gasteiger partial charge < -0.3 is 16.0 Å². The highest BCUT2D eigenvalue weighted by molar-refractivity contribution is 7.91. The summed E-state index contributed by atoms with van der Waals surface area (Å²) in [6.07, 6.45) is 4.09. The number of amides is 2. The number of aliphatic imine (C=N–C) groups is 1. The highest BCUT2D eigenvalue weighted by atomic mass is 32.2. The van der Waals surface area contributed by atoms with Crippen LogP contribution in [0.25, 0.3) is 11.1 Å². The minimum absolute atomic E-state index is 0.00770. The normalized spacial score (nSPS) is 20.6. The largest absolute Gasteiger partial charge is 0.337 e. The molecule has 3 aromatic carbocycles. The molecule has 3 aromatic rings. The molecule has 262 valence electrons. The molecule has 2 heterocycles. The molecule has 1 saturated carbocycles. The molecule has 3 aliphatic rings. The van der Waals surface area contributed by atoms with Gasteiger partial charge in [-0.3, -0.25) is 14.4 Å². The molecule has 2 fully saturated rings. The number of rotatable bonds is 11. The van der Waals surface area contributed by atoms with Crippen LogP contribution in [0.3, 0.4) is 0 Å². The van der Waals surface area contributed by atoms with Crippen LogP contribution in [0.2, 0.25) is 0 Å². The Balaban J connectivity index is 1.14. The second kappa shape index (κ2) is 15.6. The van der Waals surface area contributed by atoms with Crippen LogP contribution in [0.5, 0.6) is 0 Å². The third-order valence-electron chi connectivity index (χ3n) is 10.2. The van der Waals surface area contributed by atoms with Crippen LogP contribution in [-0.4, -0.2) is 74.6 Å². The highest BCUT2D eigenvalue weighted by Crippen LogP contribution is 2.32. The fourth-order valence-electron chi connectivity index (χ4n) is 7.04. The number of azo groups is 1. The van der Waals surface area contributed by atoms with Crippen molar-refractivity contribution in [3.8, 4) is 11.1 Å². The lowest BCUT2D eigenvalue weighted by Crippen LogP contribution is -2.43. The summed E-state index contributed by atoms with van der Waals surface area (Å²) in [5, 5.41) is 11.0. The van der Waals surface area contributed by atoms with E-state index in [1.807, 2.05) is 67.6 Å². The molecular weight excluding hydrogens is 653 g/mol. The zero-order valence-electron chi connectivity index (χ0n) is 28.4. The maximum atomic E-state index is 13.7. The number of nitrogens with one attached hydrogen (secondary N) is 1. The van der Waals surface area contributed by atoms with E-state index in [-0.39, 0.29) is 54.5 Å². The van der Waals surface area contributed by atoms with Gasteiger partial charge in [0.25, 0.3) is 5.91 Å². The molecule has 50 heavy (non-hydrogen) atoms. The summed E-state index contributed by atoms with van der Waals surface area (Å²) in [6, 6.07) is 20.8. The van der Waals surface area contributed by atoms with Crippen LogP contribution in [0.15, 0.2) is 82.0 Å². The van der Waals surface area contributed by atoms with Gasteiger partial charge in [-0.1, -0.05) is 30.3 Å². The summed E-state index contributed by atoms with van der Waals surface area (Å²) in [6.45, 7) is 3.33. The lowest BCUT2D eigenvalue weighted by Gasteiger charge is -2.27. The summed E-state index contributed by atoms with van der Waals surface area (Å²) in [4.78, 5) is 46.2. The van der Waals surface area contributed by atoms with Crippen LogP contribution in [0, 0.1) is 24.7 Å². The SMILES string of the molecule is Cc1cc(C(=O)N2CCS(=O)(=O)CC2)ccc1-c1ccc(C[C@H](CC(=O)C2CCC(CN)CC2)C(=O)Nc2ccc(C3=NCN=N3)cc2)cc1. The summed E-state index contributed by atoms with van der Waals surface area (Å²) in [5.41, 5.74) is 11.7. The first-order valence-electron chi connectivity index (χ1n) is 17.3. The molecule has 1 aliphatic carbocycles. The van der Waals surface area contributed by atoms with Gasteiger partial charge in [0.1, 0.15) is 5.78 Å². The number of hydrogen-bond donors (Lipinski definition) is 2. The van der Waals surface area contributed by atoms with Gasteiger partial charge in [0.15, 0.2) is 22.3 Å². The monoisotopic (exact) mass is 696 g/mol. The number of anilines is 1. The zero-order chi connectivity index (χ0) is 35.3. The molecule has 2 aliphatic heterocycles. The van der Waals surface area contributed by atoms with Gasteiger partial charge in [-0.2, -0.15) is 5.11 Å². The van der Waals surface area contributed by atoms with Gasteiger partial charge >= 0.3 is 0 Å². The van der Waals surface area contributed by atoms with Crippen molar-refractivity contribution in [1.29, 1.82) is 0 Å². The first-order chi connectivity index (χ1) is 24.1. The smallest absolute Gasteiger partial charge is 0.253 e. The van der Waals surface area contributed by atoms with Crippen molar-refractivity contribution in [2.45, 2.75) is 45.4 Å². The predicted octanol–water partition coefficient (Wildman–Crippen LogP) is 5.22. The summed E-state index contributed by atoms with van der Waals surface area (Å²) >= 11 is 0. The number of sulfone groups is 1. The van der Waals surface area contributed by atoms with E-state index < -0.39 is 15.8 Å². The Morgan fingerprint density at radius 3 is 2.22 bits per heavy atom. The fourth-order valence-corrected chi connectivity index (χ4v) is 8.24. The van der Waals surface area contributed by atoms with E-state index in [0.29, 0.717) is 42.6 Å². The molecule has 6 rings (SSSR count). The van der Waals surface area contributed by atoms with E-state index in [0.717, 1.165) is 53.5 Å². The van der Waals surface area contributed by atoms with Crippen molar-refractivity contribution in [3.05, 3.63) is 89.0 Å². The minimum Gasteiger partial charge on any atom is -0.337 e. The first-order valence-corrected chi connectivity index (χ1v) is 19.2. The maximum Gasteiger partial charge on any atom is 0.253 e. The number of hydrogen-bond acceptors (Lipinski definition) is 9. The molecule has 1 atom stereocenters. The maximum absolute atomic E-state index is 13.7. The van der Waals surface area contributed by atoms with Gasteiger partial charge in [0, 0.05) is 48.2 Å². The Morgan fingerprint density at radius 2 is 1.60 bits per heavy atom. The van der Waals surface area contributed by atoms with Crippen molar-refractivity contribution in [2.75, 3.05) is 43.1 Å². The second-order valence-electron chi connectivity index (χ2n) is 13.6. The summed E-state index contributed by atoms with van der Waals surface area (Å²) in [7, 11) is -3.08. The Labute approximate surface area is 293 Å². The third kappa shape index (κ3) is 8.59. The Kier molecular flexibility index (Phi) is 11.0. The van der Waals surface area contributed by atoms with Gasteiger partial charge in [-0.15, -0.1) is 5.11 Å². The number of amidine groups is 1. The molecule has 1 saturated heterocycles. The summed E-state index contributed by atoms with van der Waals surface area (Å²) < 4.78 is 23.6. The van der Waals surface area contributed by atoms with Crippen molar-refractivity contribution in [3.63, 3.8) is 0 Å². The minimum atomic E-state index is -3.08. The molecule has 0 bridgehead atoms. The van der Waals surface area contributed by atoms with Crippen molar-refractivity contribution in [2.24, 2.45) is 38.7 Å². The Bertz CT molecular complexity index is 1880. The standard InChI is InChI=1S/C38H44N6O5S/c1-25-20-31(38(47)44-16-18-50(48,49)19-17-44)12-15-34(25)28-6-2-26(3-7-28)21-32(22-35(45)29-8-4-27(23-39)5-9-29)37(46)42-33-13-10-30(11-14-33)36-40-24-41-43-36/h2-3,6-7,10-15,20,27,29,32H,4-5,8-9,16-19,21-24,39H2,1H3,(H,42,46)/t27?,29?,32-/m1/s1. The van der Waals surface area contributed by atoms with Gasteiger partial charge in [0.05, 0.1) is 11.5 Å². The molecule has 0 unspecified atom stereocenters. The summed E-state index contributed by atoms with van der Waals surface area (Å²) in [5.74, 6) is 0.185.